The van der Waals surface area contributed by atoms with Gasteiger partial charge in [-0.1, -0.05) is 103 Å². The van der Waals surface area contributed by atoms with Gasteiger partial charge in [0.15, 0.2) is 17.5 Å². The van der Waals surface area contributed by atoms with E-state index in [9.17, 15) is 8.78 Å². The van der Waals surface area contributed by atoms with Crippen molar-refractivity contribution < 1.29 is 8.78 Å². The van der Waals surface area contributed by atoms with Crippen LogP contribution in [-0.4, -0.2) is 24.1 Å². The van der Waals surface area contributed by atoms with Gasteiger partial charge >= 0.3 is 0 Å². The quantitative estimate of drug-likeness (QED) is 0.162. The molecule has 0 unspecified atom stereocenters. The molecule has 4 aromatic heterocycles. The lowest BCUT2D eigenvalue weighted by molar-refractivity contribution is 0.627. The van der Waals surface area contributed by atoms with E-state index in [1.54, 1.807) is 24.3 Å². The van der Waals surface area contributed by atoms with Crippen molar-refractivity contribution >= 4 is 96.7 Å². The molecule has 14 rings (SSSR count). The Balaban J connectivity index is 1.10. The zero-order chi connectivity index (χ0) is 44.3. The van der Waals surface area contributed by atoms with Crippen LogP contribution in [0.2, 0.25) is 0 Å². The minimum atomic E-state index is -0.352. The monoisotopic (exact) mass is 881 g/mol. The number of rotatable bonds is 5. The van der Waals surface area contributed by atoms with Gasteiger partial charge < -0.3 is 9.13 Å². The zero-order valence-electron chi connectivity index (χ0n) is 35.5. The molecule has 0 aliphatic heterocycles. The van der Waals surface area contributed by atoms with Crippen LogP contribution in [0.3, 0.4) is 0 Å². The molecule has 0 saturated heterocycles. The van der Waals surface area contributed by atoms with Crippen LogP contribution in [0.4, 0.5) is 8.78 Å². The second kappa shape index (κ2) is 14.5. The third-order valence-electron chi connectivity index (χ3n) is 13.2. The molecule has 8 heteroatoms. The highest BCUT2D eigenvalue weighted by Crippen LogP contribution is 2.53. The standard InChI is InChI=1S/C59H33F2N5S/c60-37-28-22-34(23-29-37)57-62-58(35-24-30-38(61)31-25-35)64-59(63-57)36-26-32-40(33-27-36)65-47-20-10-8-18-45(47)50-54(65)51-46-19-9-11-21-48(46)67-56(51)52-49-43-16-6-4-14-41(43)42-15-5-7-17-44(42)53(49)66(55(50)52)39-12-2-1-3-13-39/h1-33H. The van der Waals surface area contributed by atoms with Crippen molar-refractivity contribution in [2.24, 2.45) is 0 Å². The fourth-order valence-electron chi connectivity index (χ4n) is 10.4. The Labute approximate surface area is 385 Å². The molecule has 4 heterocycles. The summed E-state index contributed by atoms with van der Waals surface area (Å²) < 4.78 is 35.6. The lowest BCUT2D eigenvalue weighted by atomic mass is 9.95. The van der Waals surface area contributed by atoms with Crippen LogP contribution in [0.25, 0.3) is 131 Å². The SMILES string of the molecule is Fc1ccc(-c2nc(-c3ccc(F)cc3)nc(-c3ccc(-n4c5ccccc5c5c4c4c6ccccc6sc4c4c6c7ccccc7c7ccccc7c6n(-c6ccccc6)c45)cc3)n2)cc1. The summed E-state index contributed by atoms with van der Waals surface area (Å²) in [6.07, 6.45) is 0. The summed E-state index contributed by atoms with van der Waals surface area (Å²) >= 11 is 1.87. The highest BCUT2D eigenvalue weighted by molar-refractivity contribution is 7.27. The van der Waals surface area contributed by atoms with Gasteiger partial charge in [0.25, 0.3) is 0 Å². The highest BCUT2D eigenvalue weighted by Gasteiger charge is 2.29. The zero-order valence-corrected chi connectivity index (χ0v) is 36.3. The summed E-state index contributed by atoms with van der Waals surface area (Å²) in [5, 5.41) is 12.2. The first-order valence-corrected chi connectivity index (χ1v) is 23.0. The molecule has 314 valence electrons. The van der Waals surface area contributed by atoms with Crippen LogP contribution in [0.15, 0.2) is 200 Å². The van der Waals surface area contributed by atoms with Crippen LogP contribution in [0.5, 0.6) is 0 Å². The van der Waals surface area contributed by atoms with E-state index >= 15 is 0 Å². The van der Waals surface area contributed by atoms with Crippen LogP contribution < -0.4 is 0 Å². The van der Waals surface area contributed by atoms with E-state index in [1.165, 1.54) is 93.2 Å². The van der Waals surface area contributed by atoms with Gasteiger partial charge in [-0.2, -0.15) is 0 Å². The number of benzene rings is 10. The molecule has 0 aliphatic carbocycles. The molecule has 0 radical (unpaired) electrons. The predicted molar refractivity (Wildman–Crippen MR) is 273 cm³/mol. The summed E-state index contributed by atoms with van der Waals surface area (Å²) in [6.45, 7) is 0. The van der Waals surface area contributed by atoms with E-state index in [0.29, 0.717) is 28.6 Å². The maximum atomic E-state index is 14.1. The third-order valence-corrected chi connectivity index (χ3v) is 14.4. The normalized spacial score (nSPS) is 12.0. The summed E-state index contributed by atoms with van der Waals surface area (Å²) in [7, 11) is 0. The van der Waals surface area contributed by atoms with Crippen LogP contribution in [-0.2, 0) is 0 Å². The average Bonchev–Trinajstić information content (AvgIpc) is 4.06. The van der Waals surface area contributed by atoms with Crippen LogP contribution in [0.1, 0.15) is 0 Å². The van der Waals surface area contributed by atoms with Crippen molar-refractivity contribution in [3.05, 3.63) is 212 Å². The van der Waals surface area contributed by atoms with Gasteiger partial charge in [-0.3, -0.25) is 0 Å². The van der Waals surface area contributed by atoms with Gasteiger partial charge in [-0.25, -0.2) is 23.7 Å². The maximum Gasteiger partial charge on any atom is 0.164 e. The van der Waals surface area contributed by atoms with Crippen molar-refractivity contribution in [3.8, 4) is 45.5 Å². The molecule has 0 fully saturated rings. The fourth-order valence-corrected chi connectivity index (χ4v) is 11.7. The summed E-state index contributed by atoms with van der Waals surface area (Å²) in [5.41, 5.74) is 8.74. The third kappa shape index (κ3) is 5.60. The van der Waals surface area contributed by atoms with Crippen molar-refractivity contribution in [1.82, 2.24) is 24.1 Å². The molecule has 0 N–H and O–H groups in total. The molecule has 10 aromatic carbocycles. The van der Waals surface area contributed by atoms with Crippen molar-refractivity contribution in [1.29, 1.82) is 0 Å². The number of hydrogen-bond donors (Lipinski definition) is 0. The Morgan fingerprint density at radius 1 is 0.328 bits per heavy atom. The topological polar surface area (TPSA) is 48.5 Å². The maximum absolute atomic E-state index is 14.1. The van der Waals surface area contributed by atoms with Gasteiger partial charge in [0.05, 0.1) is 22.1 Å². The molecule has 0 atom stereocenters. The van der Waals surface area contributed by atoms with E-state index in [-0.39, 0.29) is 11.6 Å². The minimum Gasteiger partial charge on any atom is -0.308 e. The summed E-state index contributed by atoms with van der Waals surface area (Å²) in [6, 6.07) is 66.7. The number of para-hydroxylation sites is 2. The summed E-state index contributed by atoms with van der Waals surface area (Å²) in [4.78, 5) is 14.6. The Morgan fingerprint density at radius 2 is 0.791 bits per heavy atom. The lowest BCUT2D eigenvalue weighted by Gasteiger charge is -2.13. The van der Waals surface area contributed by atoms with Crippen molar-refractivity contribution in [2.45, 2.75) is 0 Å². The van der Waals surface area contributed by atoms with E-state index in [0.717, 1.165) is 33.4 Å². The second-order valence-corrected chi connectivity index (χ2v) is 18.0. The first-order valence-electron chi connectivity index (χ1n) is 22.2. The van der Waals surface area contributed by atoms with Crippen LogP contribution >= 0.6 is 11.3 Å². The Bertz CT molecular complexity index is 4260. The lowest BCUT2D eigenvalue weighted by Crippen LogP contribution is -2.01. The van der Waals surface area contributed by atoms with Crippen molar-refractivity contribution in [3.63, 3.8) is 0 Å². The average molecular weight is 882 g/mol. The molecular weight excluding hydrogens is 849 g/mol. The molecule has 14 aromatic rings. The largest absolute Gasteiger partial charge is 0.308 e. The van der Waals surface area contributed by atoms with Gasteiger partial charge in [0.1, 0.15) is 11.6 Å². The first-order chi connectivity index (χ1) is 33.1. The van der Waals surface area contributed by atoms with Crippen LogP contribution in [0, 0.1) is 11.6 Å². The number of hydrogen-bond acceptors (Lipinski definition) is 4. The van der Waals surface area contributed by atoms with Gasteiger partial charge in [0, 0.05) is 75.2 Å². The molecule has 67 heavy (non-hydrogen) atoms. The first kappa shape index (κ1) is 37.8. The Morgan fingerprint density at radius 3 is 1.42 bits per heavy atom. The molecular formula is C59H33F2N5S. The smallest absolute Gasteiger partial charge is 0.164 e. The van der Waals surface area contributed by atoms with Gasteiger partial charge in [-0.15, -0.1) is 11.3 Å². The number of nitrogens with zero attached hydrogens (tertiary/aromatic N) is 5. The van der Waals surface area contributed by atoms with E-state index < -0.39 is 0 Å². The van der Waals surface area contributed by atoms with E-state index in [4.69, 9.17) is 15.0 Å². The Kier molecular flexibility index (Phi) is 8.15. The highest BCUT2D eigenvalue weighted by atomic mass is 32.1. The van der Waals surface area contributed by atoms with Crippen molar-refractivity contribution in [2.75, 3.05) is 0 Å². The number of thiophene rings is 1. The van der Waals surface area contributed by atoms with Gasteiger partial charge in [-0.05, 0) is 113 Å². The number of halogens is 2. The molecule has 0 amide bonds. The van der Waals surface area contributed by atoms with E-state index in [2.05, 4.69) is 161 Å². The minimum absolute atomic E-state index is 0.352. The molecule has 0 bridgehead atoms. The van der Waals surface area contributed by atoms with Gasteiger partial charge in [0.2, 0.25) is 0 Å². The number of aromatic nitrogens is 5. The Hall–Kier alpha value is -8.59. The molecule has 0 saturated carbocycles. The molecule has 0 aliphatic rings. The number of fused-ring (bicyclic) bond motifs is 17. The fraction of sp³-hybridized carbons (Fsp3) is 0. The predicted octanol–water partition coefficient (Wildman–Crippen LogP) is 16.0. The molecule has 0 spiro atoms. The van der Waals surface area contributed by atoms with E-state index in [1.807, 2.05) is 11.3 Å². The second-order valence-electron chi connectivity index (χ2n) is 17.0. The summed E-state index contributed by atoms with van der Waals surface area (Å²) in [5.74, 6) is 0.521. The molecule has 5 nitrogen and oxygen atoms in total.